The molecule has 0 heterocycles. The summed E-state index contributed by atoms with van der Waals surface area (Å²) in [4.78, 5) is 0. The number of allylic oxidation sites excluding steroid dienone is 2. The fraction of sp³-hybridized carbons (Fsp3) is 0.789. The Morgan fingerprint density at radius 2 is 1.77 bits per heavy atom. The van der Waals surface area contributed by atoms with Crippen LogP contribution in [0.3, 0.4) is 0 Å². The summed E-state index contributed by atoms with van der Waals surface area (Å²) in [6.45, 7) is 4.52. The molecule has 3 heteroatoms. The Balaban J connectivity index is 1.74. The maximum atomic E-state index is 10.8. The molecule has 0 unspecified atom stereocenters. The second kappa shape index (κ2) is 4.61. The lowest BCUT2D eigenvalue weighted by molar-refractivity contribution is -0.0841. The zero-order chi connectivity index (χ0) is 15.7. The molecule has 0 amide bonds. The molecule has 2 saturated carbocycles. The molecule has 2 fully saturated rings. The van der Waals surface area contributed by atoms with E-state index >= 15 is 0 Å². The van der Waals surface area contributed by atoms with E-state index in [9.17, 15) is 15.3 Å². The molecule has 4 rings (SSSR count). The van der Waals surface area contributed by atoms with Gasteiger partial charge in [0.25, 0.3) is 0 Å². The fourth-order valence-electron chi connectivity index (χ4n) is 6.18. The predicted octanol–water partition coefficient (Wildman–Crippen LogP) is 3.33. The van der Waals surface area contributed by atoms with E-state index in [1.54, 1.807) is 0 Å². The summed E-state index contributed by atoms with van der Waals surface area (Å²) in [7, 11) is 0. The standard InChI is InChI=1S/C19H28O3/c1-18-7-5-12(20)9-11(18)10-15(21)17-13-3-4-16(22)19(13,2)8-6-14(17)18/h4,10,12-15,17,20-22H,3,5-9H2,1-2H3/t12-,13-,14-,15-,17-,18-,19-/m0/s1. The highest BCUT2D eigenvalue weighted by atomic mass is 16.3. The molecular weight excluding hydrogens is 276 g/mol. The first-order valence-electron chi connectivity index (χ1n) is 8.83. The first kappa shape index (κ1) is 14.8. The van der Waals surface area contributed by atoms with Crippen molar-refractivity contribution in [3.05, 3.63) is 23.5 Å². The third-order valence-corrected chi connectivity index (χ3v) is 7.64. The van der Waals surface area contributed by atoms with Gasteiger partial charge in [-0.1, -0.05) is 25.5 Å². The molecule has 122 valence electrons. The number of aliphatic hydroxyl groups is 3. The molecule has 4 aliphatic rings. The molecule has 0 spiro atoms. The highest BCUT2D eigenvalue weighted by Gasteiger charge is 2.59. The first-order chi connectivity index (χ1) is 10.4. The van der Waals surface area contributed by atoms with Crippen molar-refractivity contribution in [2.75, 3.05) is 0 Å². The number of fused-ring (bicyclic) bond motifs is 5. The molecule has 3 N–H and O–H groups in total. The highest BCUT2D eigenvalue weighted by molar-refractivity contribution is 5.30. The summed E-state index contributed by atoms with van der Waals surface area (Å²) in [5, 5.41) is 31.2. The van der Waals surface area contributed by atoms with Crippen LogP contribution < -0.4 is 0 Å². The van der Waals surface area contributed by atoms with Gasteiger partial charge in [-0.3, -0.25) is 0 Å². The highest BCUT2D eigenvalue weighted by Crippen LogP contribution is 2.64. The fourth-order valence-corrected chi connectivity index (χ4v) is 6.18. The molecule has 0 saturated heterocycles. The molecule has 3 nitrogen and oxygen atoms in total. The maximum absolute atomic E-state index is 10.8. The Morgan fingerprint density at radius 1 is 1.05 bits per heavy atom. The van der Waals surface area contributed by atoms with Crippen molar-refractivity contribution in [2.45, 2.75) is 64.6 Å². The van der Waals surface area contributed by atoms with E-state index in [1.807, 2.05) is 12.2 Å². The molecule has 0 aliphatic heterocycles. The van der Waals surface area contributed by atoms with Gasteiger partial charge < -0.3 is 15.3 Å². The minimum absolute atomic E-state index is 0.128. The minimum Gasteiger partial charge on any atom is -0.512 e. The Hall–Kier alpha value is -0.800. The minimum atomic E-state index is -0.428. The third kappa shape index (κ3) is 1.75. The topological polar surface area (TPSA) is 60.7 Å². The Morgan fingerprint density at radius 3 is 2.55 bits per heavy atom. The lowest BCUT2D eigenvalue weighted by Crippen LogP contribution is -2.54. The van der Waals surface area contributed by atoms with Gasteiger partial charge in [0.15, 0.2) is 0 Å². The van der Waals surface area contributed by atoms with Gasteiger partial charge in [0, 0.05) is 5.41 Å². The van der Waals surface area contributed by atoms with Crippen LogP contribution in [0, 0.1) is 28.6 Å². The molecular formula is C19H28O3. The normalized spacial score (nSPS) is 53.9. The predicted molar refractivity (Wildman–Crippen MR) is 85.2 cm³/mol. The molecule has 0 aromatic rings. The van der Waals surface area contributed by atoms with Gasteiger partial charge in [-0.25, -0.2) is 0 Å². The SMILES string of the molecule is C[C@]12CC[C@H](O)CC1=C[C@H](O)[C@@H]1[C@@H]2CC[C@]2(C)C(O)=CC[C@@H]12. The number of aliphatic hydroxyl groups excluding tert-OH is 3. The summed E-state index contributed by atoms with van der Waals surface area (Å²) in [5.74, 6) is 1.61. The van der Waals surface area contributed by atoms with E-state index in [0.717, 1.165) is 38.5 Å². The smallest absolute Gasteiger partial charge is 0.0944 e. The van der Waals surface area contributed by atoms with E-state index in [-0.39, 0.29) is 22.9 Å². The monoisotopic (exact) mass is 304 g/mol. The van der Waals surface area contributed by atoms with Gasteiger partial charge in [-0.2, -0.15) is 0 Å². The second-order valence-corrected chi connectivity index (χ2v) is 8.57. The van der Waals surface area contributed by atoms with Crippen LogP contribution in [0.25, 0.3) is 0 Å². The Labute approximate surface area is 132 Å². The van der Waals surface area contributed by atoms with Crippen LogP contribution in [-0.4, -0.2) is 27.5 Å². The van der Waals surface area contributed by atoms with Gasteiger partial charge in [0.05, 0.1) is 18.0 Å². The average molecular weight is 304 g/mol. The van der Waals surface area contributed by atoms with Crippen LogP contribution in [0.1, 0.15) is 52.4 Å². The van der Waals surface area contributed by atoms with Crippen molar-refractivity contribution >= 4 is 0 Å². The Bertz CT molecular complexity index is 551. The largest absolute Gasteiger partial charge is 0.512 e. The molecule has 0 radical (unpaired) electrons. The van der Waals surface area contributed by atoms with E-state index in [0.29, 0.717) is 17.6 Å². The lowest BCUT2D eigenvalue weighted by Gasteiger charge is -2.58. The molecule has 0 bridgehead atoms. The van der Waals surface area contributed by atoms with Gasteiger partial charge >= 0.3 is 0 Å². The van der Waals surface area contributed by atoms with Crippen LogP contribution in [0.2, 0.25) is 0 Å². The lowest BCUT2D eigenvalue weighted by atomic mass is 9.47. The second-order valence-electron chi connectivity index (χ2n) is 8.57. The number of hydrogen-bond donors (Lipinski definition) is 3. The van der Waals surface area contributed by atoms with Crippen LogP contribution in [-0.2, 0) is 0 Å². The van der Waals surface area contributed by atoms with Gasteiger partial charge in [-0.15, -0.1) is 0 Å². The van der Waals surface area contributed by atoms with Crippen LogP contribution in [0.15, 0.2) is 23.5 Å². The summed E-state index contributed by atoms with van der Waals surface area (Å²) in [6, 6.07) is 0. The summed E-state index contributed by atoms with van der Waals surface area (Å²) < 4.78 is 0. The van der Waals surface area contributed by atoms with Gasteiger partial charge in [-0.05, 0) is 67.8 Å². The zero-order valence-corrected chi connectivity index (χ0v) is 13.6. The molecule has 7 atom stereocenters. The van der Waals surface area contributed by atoms with Crippen molar-refractivity contribution in [1.82, 2.24) is 0 Å². The molecule has 0 aromatic heterocycles. The van der Waals surface area contributed by atoms with Crippen molar-refractivity contribution in [2.24, 2.45) is 28.6 Å². The van der Waals surface area contributed by atoms with Crippen molar-refractivity contribution < 1.29 is 15.3 Å². The number of hydrogen-bond acceptors (Lipinski definition) is 3. The van der Waals surface area contributed by atoms with Crippen molar-refractivity contribution in [3.63, 3.8) is 0 Å². The first-order valence-corrected chi connectivity index (χ1v) is 8.83. The molecule has 0 aromatic carbocycles. The van der Waals surface area contributed by atoms with Gasteiger partial charge in [0.1, 0.15) is 0 Å². The van der Waals surface area contributed by atoms with E-state index < -0.39 is 6.10 Å². The van der Waals surface area contributed by atoms with Crippen LogP contribution in [0.4, 0.5) is 0 Å². The van der Waals surface area contributed by atoms with Crippen molar-refractivity contribution in [1.29, 1.82) is 0 Å². The summed E-state index contributed by atoms with van der Waals surface area (Å²) >= 11 is 0. The molecule has 4 aliphatic carbocycles. The number of rotatable bonds is 0. The van der Waals surface area contributed by atoms with Crippen molar-refractivity contribution in [3.8, 4) is 0 Å². The zero-order valence-electron chi connectivity index (χ0n) is 13.6. The van der Waals surface area contributed by atoms with Gasteiger partial charge in [0.2, 0.25) is 0 Å². The maximum Gasteiger partial charge on any atom is 0.0944 e. The molecule has 22 heavy (non-hydrogen) atoms. The summed E-state index contributed by atoms with van der Waals surface area (Å²) in [6.07, 6.45) is 8.95. The summed E-state index contributed by atoms with van der Waals surface area (Å²) in [5.41, 5.74) is 1.26. The Kier molecular flexibility index (Phi) is 3.09. The van der Waals surface area contributed by atoms with Crippen LogP contribution >= 0.6 is 0 Å². The van der Waals surface area contributed by atoms with E-state index in [4.69, 9.17) is 0 Å². The van der Waals surface area contributed by atoms with E-state index in [1.165, 1.54) is 5.57 Å². The third-order valence-electron chi connectivity index (χ3n) is 7.64. The average Bonchev–Trinajstić information content (AvgIpc) is 2.77. The van der Waals surface area contributed by atoms with E-state index in [2.05, 4.69) is 13.8 Å². The quantitative estimate of drug-likeness (QED) is 0.602. The van der Waals surface area contributed by atoms with Crippen LogP contribution in [0.5, 0.6) is 0 Å².